The summed E-state index contributed by atoms with van der Waals surface area (Å²) in [5.74, 6) is -4.25. The van der Waals surface area contributed by atoms with Crippen LogP contribution in [0.4, 0.5) is 0 Å². The minimum absolute atomic E-state index is 0.153. The molecule has 1 aromatic carbocycles. The average Bonchev–Trinajstić information content (AvgIpc) is 2.25. The molecule has 0 aliphatic rings. The number of phenols is 1. The van der Waals surface area contributed by atoms with E-state index in [1.807, 2.05) is 0 Å². The van der Waals surface area contributed by atoms with E-state index in [0.717, 1.165) is 0 Å². The lowest BCUT2D eigenvalue weighted by molar-refractivity contribution is -0.154. The Morgan fingerprint density at radius 3 is 2.29 bits per heavy atom. The van der Waals surface area contributed by atoms with Crippen LogP contribution in [-0.2, 0) is 16.0 Å². The van der Waals surface area contributed by atoms with Crippen LogP contribution in [-0.4, -0.2) is 34.4 Å². The maximum absolute atomic E-state index is 10.7. The summed E-state index contributed by atoms with van der Waals surface area (Å²) in [5, 5.41) is 26.9. The lowest BCUT2D eigenvalue weighted by atomic mass is 9.99. The quantitative estimate of drug-likeness (QED) is 0.655. The summed E-state index contributed by atoms with van der Waals surface area (Å²) in [5.41, 5.74) is 0.415. The second kappa shape index (κ2) is 5.20. The molecule has 1 rings (SSSR count). The summed E-state index contributed by atoms with van der Waals surface area (Å²) in [4.78, 5) is 21.4. The van der Waals surface area contributed by atoms with Crippen LogP contribution in [0.2, 0.25) is 0 Å². The van der Waals surface area contributed by atoms with E-state index in [2.05, 4.69) is 0 Å². The van der Waals surface area contributed by atoms with E-state index in [-0.39, 0.29) is 17.9 Å². The molecule has 0 heterocycles. The number of aliphatic carboxylic acids is 2. The number of carboxylic acids is 2. The van der Waals surface area contributed by atoms with Crippen molar-refractivity contribution in [1.29, 1.82) is 0 Å². The number of methoxy groups -OCH3 is 1. The highest BCUT2D eigenvalue weighted by Gasteiger charge is 2.26. The third-order valence-electron chi connectivity index (χ3n) is 2.28. The molecule has 0 saturated heterocycles. The van der Waals surface area contributed by atoms with E-state index < -0.39 is 17.9 Å². The van der Waals surface area contributed by atoms with Crippen LogP contribution < -0.4 is 4.74 Å². The molecule has 0 aliphatic heterocycles. The Morgan fingerprint density at radius 2 is 1.88 bits per heavy atom. The minimum atomic E-state index is -1.53. The number of hydrogen-bond donors (Lipinski definition) is 3. The second-order valence-corrected chi connectivity index (χ2v) is 3.44. The predicted octanol–water partition coefficient (Wildman–Crippen LogP) is 0.729. The summed E-state index contributed by atoms with van der Waals surface area (Å²) in [6, 6.07) is 4.25. The maximum Gasteiger partial charge on any atom is 0.318 e. The first-order valence-electron chi connectivity index (χ1n) is 4.77. The van der Waals surface area contributed by atoms with Gasteiger partial charge in [0.05, 0.1) is 7.11 Å². The predicted molar refractivity (Wildman–Crippen MR) is 57.1 cm³/mol. The Balaban J connectivity index is 2.91. The first kappa shape index (κ1) is 12.8. The second-order valence-electron chi connectivity index (χ2n) is 3.44. The Labute approximate surface area is 97.1 Å². The van der Waals surface area contributed by atoms with Crippen molar-refractivity contribution in [2.24, 2.45) is 5.92 Å². The number of carboxylic acid groups (broad SMARTS) is 2. The zero-order valence-electron chi connectivity index (χ0n) is 9.08. The van der Waals surface area contributed by atoms with E-state index in [1.165, 1.54) is 25.3 Å². The van der Waals surface area contributed by atoms with Crippen molar-refractivity contribution in [3.8, 4) is 11.5 Å². The molecule has 0 aliphatic carbocycles. The van der Waals surface area contributed by atoms with Gasteiger partial charge in [-0.1, -0.05) is 6.07 Å². The molecule has 0 atom stereocenters. The van der Waals surface area contributed by atoms with Gasteiger partial charge in [0.1, 0.15) is 0 Å². The van der Waals surface area contributed by atoms with Crippen molar-refractivity contribution in [2.75, 3.05) is 7.11 Å². The third-order valence-corrected chi connectivity index (χ3v) is 2.28. The molecule has 6 nitrogen and oxygen atoms in total. The molecular weight excluding hydrogens is 228 g/mol. The molecule has 0 aromatic heterocycles. The van der Waals surface area contributed by atoms with E-state index in [9.17, 15) is 14.7 Å². The molecule has 0 spiro atoms. The Morgan fingerprint density at radius 1 is 1.29 bits per heavy atom. The number of hydrogen-bond acceptors (Lipinski definition) is 4. The molecule has 0 amide bonds. The van der Waals surface area contributed by atoms with Crippen molar-refractivity contribution in [3.05, 3.63) is 23.8 Å². The molecule has 17 heavy (non-hydrogen) atoms. The van der Waals surface area contributed by atoms with E-state index in [0.29, 0.717) is 5.56 Å². The van der Waals surface area contributed by atoms with Crippen LogP contribution in [0.1, 0.15) is 5.56 Å². The smallest absolute Gasteiger partial charge is 0.318 e. The molecule has 3 N–H and O–H groups in total. The number of aromatic hydroxyl groups is 1. The van der Waals surface area contributed by atoms with Crippen molar-refractivity contribution < 1.29 is 29.6 Å². The molecule has 0 radical (unpaired) electrons. The van der Waals surface area contributed by atoms with Crippen molar-refractivity contribution in [1.82, 2.24) is 0 Å². The number of carbonyl (C=O) groups is 2. The van der Waals surface area contributed by atoms with Gasteiger partial charge in [-0.2, -0.15) is 0 Å². The first-order valence-corrected chi connectivity index (χ1v) is 4.77. The Hall–Kier alpha value is -2.24. The zero-order valence-corrected chi connectivity index (χ0v) is 9.08. The van der Waals surface area contributed by atoms with Gasteiger partial charge in [0.15, 0.2) is 17.4 Å². The van der Waals surface area contributed by atoms with Crippen molar-refractivity contribution in [2.45, 2.75) is 6.42 Å². The van der Waals surface area contributed by atoms with Gasteiger partial charge in [0, 0.05) is 0 Å². The van der Waals surface area contributed by atoms with Crippen LogP contribution in [0.5, 0.6) is 11.5 Å². The summed E-state index contributed by atoms with van der Waals surface area (Å²) in [6.07, 6.45) is -0.192. The fourth-order valence-corrected chi connectivity index (χ4v) is 1.38. The SMILES string of the molecule is COc1ccc(CC(C(=O)O)C(=O)O)cc1O. The van der Waals surface area contributed by atoms with Gasteiger partial charge in [-0.25, -0.2) is 0 Å². The van der Waals surface area contributed by atoms with E-state index in [1.54, 1.807) is 0 Å². The van der Waals surface area contributed by atoms with Crippen LogP contribution in [0, 0.1) is 5.92 Å². The number of ether oxygens (including phenoxy) is 1. The molecule has 1 aromatic rings. The molecule has 0 unspecified atom stereocenters. The number of phenolic OH excluding ortho intramolecular Hbond substituents is 1. The molecule has 0 saturated carbocycles. The van der Waals surface area contributed by atoms with Crippen LogP contribution >= 0.6 is 0 Å². The molecule has 0 bridgehead atoms. The largest absolute Gasteiger partial charge is 0.504 e. The third kappa shape index (κ3) is 3.10. The van der Waals surface area contributed by atoms with Gasteiger partial charge in [0.2, 0.25) is 0 Å². The Kier molecular flexibility index (Phi) is 3.92. The number of rotatable bonds is 5. The van der Waals surface area contributed by atoms with Crippen LogP contribution in [0.3, 0.4) is 0 Å². The average molecular weight is 240 g/mol. The maximum atomic E-state index is 10.7. The monoisotopic (exact) mass is 240 g/mol. The highest BCUT2D eigenvalue weighted by Crippen LogP contribution is 2.27. The van der Waals surface area contributed by atoms with Crippen molar-refractivity contribution >= 4 is 11.9 Å². The normalized spacial score (nSPS) is 10.2. The van der Waals surface area contributed by atoms with Crippen LogP contribution in [0.25, 0.3) is 0 Å². The van der Waals surface area contributed by atoms with Gasteiger partial charge >= 0.3 is 11.9 Å². The first-order chi connectivity index (χ1) is 7.95. The van der Waals surface area contributed by atoms with Gasteiger partial charge in [0.25, 0.3) is 0 Å². The molecule has 6 heteroatoms. The zero-order chi connectivity index (χ0) is 13.0. The molecule has 92 valence electrons. The standard InChI is InChI=1S/C11H12O6/c1-17-9-3-2-6(5-8(9)12)4-7(10(13)14)11(15)16/h2-3,5,7,12H,4H2,1H3,(H,13,14)(H,15,16). The summed E-state index contributed by atoms with van der Waals surface area (Å²) >= 11 is 0. The van der Waals surface area contributed by atoms with Gasteiger partial charge in [-0.3, -0.25) is 9.59 Å². The molecule has 0 fully saturated rings. The summed E-state index contributed by atoms with van der Waals surface area (Å²) < 4.78 is 4.82. The lowest BCUT2D eigenvalue weighted by Gasteiger charge is -2.09. The summed E-state index contributed by atoms with van der Waals surface area (Å²) in [7, 11) is 1.38. The van der Waals surface area contributed by atoms with Gasteiger partial charge in [-0.15, -0.1) is 0 Å². The van der Waals surface area contributed by atoms with E-state index >= 15 is 0 Å². The highest BCUT2D eigenvalue weighted by molar-refractivity contribution is 5.93. The highest BCUT2D eigenvalue weighted by atomic mass is 16.5. The number of benzene rings is 1. The topological polar surface area (TPSA) is 104 Å². The van der Waals surface area contributed by atoms with Crippen molar-refractivity contribution in [3.63, 3.8) is 0 Å². The Bertz CT molecular complexity index is 426. The molecular formula is C11H12O6. The lowest BCUT2D eigenvalue weighted by Crippen LogP contribution is -2.25. The van der Waals surface area contributed by atoms with Crippen LogP contribution in [0.15, 0.2) is 18.2 Å². The van der Waals surface area contributed by atoms with Gasteiger partial charge in [-0.05, 0) is 24.1 Å². The van der Waals surface area contributed by atoms with E-state index in [4.69, 9.17) is 14.9 Å². The minimum Gasteiger partial charge on any atom is -0.504 e. The summed E-state index contributed by atoms with van der Waals surface area (Å²) in [6.45, 7) is 0. The fraction of sp³-hybridized carbons (Fsp3) is 0.273. The van der Waals surface area contributed by atoms with Gasteiger partial charge < -0.3 is 20.1 Å². The fourth-order valence-electron chi connectivity index (χ4n) is 1.38.